The van der Waals surface area contributed by atoms with E-state index in [9.17, 15) is 9.59 Å². The summed E-state index contributed by atoms with van der Waals surface area (Å²) in [6.07, 6.45) is 0. The molecule has 2 heterocycles. The second-order valence-electron chi connectivity index (χ2n) is 5.41. The van der Waals surface area contributed by atoms with Gasteiger partial charge in [-0.05, 0) is 32.9 Å². The molecular weight excluding hydrogens is 322 g/mol. The number of benzene rings is 1. The smallest absolute Gasteiger partial charge is 0.316 e. The zero-order valence-corrected chi connectivity index (χ0v) is 14.1. The van der Waals surface area contributed by atoms with Crippen molar-refractivity contribution >= 4 is 22.6 Å². The third kappa shape index (κ3) is 3.35. The molecule has 0 aliphatic carbocycles. The lowest BCUT2D eigenvalue weighted by molar-refractivity contribution is 0.0997. The molecule has 7 nitrogen and oxygen atoms in total. The van der Waals surface area contributed by atoms with Crippen molar-refractivity contribution in [2.75, 3.05) is 11.9 Å². The highest BCUT2D eigenvalue weighted by Crippen LogP contribution is 2.21. The van der Waals surface area contributed by atoms with Gasteiger partial charge >= 0.3 is 6.01 Å². The lowest BCUT2D eigenvalue weighted by atomic mass is 10.2. The van der Waals surface area contributed by atoms with Gasteiger partial charge in [-0.25, -0.2) is 0 Å². The largest absolute Gasteiger partial charge is 0.464 e. The number of nitrogens with one attached hydrogen (secondary N) is 1. The Morgan fingerprint density at radius 1 is 1.20 bits per heavy atom. The van der Waals surface area contributed by atoms with Crippen LogP contribution in [0.4, 0.5) is 5.69 Å². The Balaban J connectivity index is 1.94. The van der Waals surface area contributed by atoms with Crippen LogP contribution >= 0.6 is 0 Å². The van der Waals surface area contributed by atoms with Crippen molar-refractivity contribution in [1.82, 2.24) is 9.97 Å². The first-order chi connectivity index (χ1) is 12.0. The summed E-state index contributed by atoms with van der Waals surface area (Å²) in [5.41, 5.74) is 1.67. The van der Waals surface area contributed by atoms with Crippen LogP contribution in [-0.2, 0) is 0 Å². The summed E-state index contributed by atoms with van der Waals surface area (Å²) in [5, 5.41) is 3.13. The first kappa shape index (κ1) is 16.6. The summed E-state index contributed by atoms with van der Waals surface area (Å²) in [5.74, 6) is -0.613. The van der Waals surface area contributed by atoms with E-state index in [4.69, 9.17) is 9.15 Å². The Hall–Kier alpha value is -3.22. The van der Waals surface area contributed by atoms with Crippen LogP contribution in [0.25, 0.3) is 11.0 Å². The molecule has 7 heteroatoms. The zero-order chi connectivity index (χ0) is 18.0. The van der Waals surface area contributed by atoms with Gasteiger partial charge in [0, 0.05) is 6.07 Å². The van der Waals surface area contributed by atoms with Crippen LogP contribution in [0.2, 0.25) is 0 Å². The van der Waals surface area contributed by atoms with Gasteiger partial charge in [-0.15, -0.1) is 0 Å². The minimum atomic E-state index is -0.540. The lowest BCUT2D eigenvalue weighted by Crippen LogP contribution is -2.17. The predicted molar refractivity (Wildman–Crippen MR) is 93.1 cm³/mol. The molecule has 0 atom stereocenters. The predicted octanol–water partition coefficient (Wildman–Crippen LogP) is 2.85. The van der Waals surface area contributed by atoms with Gasteiger partial charge in [0.2, 0.25) is 0 Å². The number of aromatic nitrogens is 2. The molecule has 128 valence electrons. The second-order valence-corrected chi connectivity index (χ2v) is 5.41. The van der Waals surface area contributed by atoms with E-state index in [0.717, 1.165) is 0 Å². The van der Waals surface area contributed by atoms with Gasteiger partial charge in [-0.2, -0.15) is 9.97 Å². The Morgan fingerprint density at radius 2 is 1.88 bits per heavy atom. The standard InChI is InChI=1S/C18H17N3O4/c1-4-24-18-19-10(2)16(11(3)20-18)21-17(23)15-9-13(22)12-7-5-6-8-14(12)25-15/h5-9H,4H2,1-3H3,(H,21,23). The number of fused-ring (bicyclic) bond motifs is 1. The van der Waals surface area contributed by atoms with Crippen molar-refractivity contribution in [2.24, 2.45) is 0 Å². The third-order valence-corrected chi connectivity index (χ3v) is 3.62. The molecule has 0 aliphatic heterocycles. The summed E-state index contributed by atoms with van der Waals surface area (Å²) in [6.45, 7) is 5.77. The first-order valence-electron chi connectivity index (χ1n) is 7.82. The van der Waals surface area contributed by atoms with E-state index in [1.807, 2.05) is 6.92 Å². The topological polar surface area (TPSA) is 94.3 Å². The average Bonchev–Trinajstić information content (AvgIpc) is 2.58. The number of rotatable bonds is 4. The molecule has 0 spiro atoms. The molecule has 0 radical (unpaired) electrons. The molecule has 0 fully saturated rings. The number of amides is 1. The monoisotopic (exact) mass is 339 g/mol. The van der Waals surface area contributed by atoms with Crippen molar-refractivity contribution in [2.45, 2.75) is 20.8 Å². The van der Waals surface area contributed by atoms with Gasteiger partial charge in [0.1, 0.15) is 5.58 Å². The van der Waals surface area contributed by atoms with Gasteiger partial charge in [-0.1, -0.05) is 12.1 Å². The molecule has 1 aromatic carbocycles. The highest BCUT2D eigenvalue weighted by atomic mass is 16.5. The molecule has 1 N–H and O–H groups in total. The second kappa shape index (κ2) is 6.72. The number of carbonyl (C=O) groups excluding carboxylic acids is 1. The number of aryl methyl sites for hydroxylation is 2. The van der Waals surface area contributed by atoms with Crippen molar-refractivity contribution in [3.8, 4) is 6.01 Å². The third-order valence-electron chi connectivity index (χ3n) is 3.62. The highest BCUT2D eigenvalue weighted by Gasteiger charge is 2.16. The Kier molecular flexibility index (Phi) is 4.47. The Morgan fingerprint density at radius 3 is 2.56 bits per heavy atom. The first-order valence-corrected chi connectivity index (χ1v) is 7.82. The van der Waals surface area contributed by atoms with E-state index in [1.54, 1.807) is 38.1 Å². The molecule has 0 unspecified atom stereocenters. The van der Waals surface area contributed by atoms with Gasteiger partial charge in [0.15, 0.2) is 11.2 Å². The molecule has 2 aromatic heterocycles. The average molecular weight is 339 g/mol. The summed E-state index contributed by atoms with van der Waals surface area (Å²) in [6, 6.07) is 8.21. The summed E-state index contributed by atoms with van der Waals surface area (Å²) >= 11 is 0. The van der Waals surface area contributed by atoms with E-state index >= 15 is 0 Å². The van der Waals surface area contributed by atoms with Gasteiger partial charge in [0.05, 0.1) is 29.1 Å². The summed E-state index contributed by atoms with van der Waals surface area (Å²) in [4.78, 5) is 33.0. The summed E-state index contributed by atoms with van der Waals surface area (Å²) < 4.78 is 10.8. The normalized spacial score (nSPS) is 10.7. The number of ether oxygens (including phenoxy) is 1. The molecule has 3 rings (SSSR count). The summed E-state index contributed by atoms with van der Waals surface area (Å²) in [7, 11) is 0. The van der Waals surface area contributed by atoms with Crippen LogP contribution in [0.5, 0.6) is 6.01 Å². The van der Waals surface area contributed by atoms with E-state index in [-0.39, 0.29) is 17.2 Å². The maximum atomic E-state index is 12.5. The molecule has 0 saturated heterocycles. The van der Waals surface area contributed by atoms with Crippen LogP contribution in [0, 0.1) is 13.8 Å². The van der Waals surface area contributed by atoms with Crippen molar-refractivity contribution in [3.63, 3.8) is 0 Å². The molecule has 25 heavy (non-hydrogen) atoms. The van der Waals surface area contributed by atoms with Crippen LogP contribution in [0.15, 0.2) is 39.5 Å². The Bertz CT molecular complexity index is 988. The number of anilines is 1. The fraction of sp³-hybridized carbons (Fsp3) is 0.222. The van der Waals surface area contributed by atoms with E-state index in [1.165, 1.54) is 6.07 Å². The number of hydrogen-bond acceptors (Lipinski definition) is 6. The molecule has 0 bridgehead atoms. The van der Waals surface area contributed by atoms with Gasteiger partial charge in [0.25, 0.3) is 5.91 Å². The SMILES string of the molecule is CCOc1nc(C)c(NC(=O)c2cc(=O)c3ccccc3o2)c(C)n1. The minimum absolute atomic E-state index is 0.0728. The maximum absolute atomic E-state index is 12.5. The fourth-order valence-corrected chi connectivity index (χ4v) is 2.45. The maximum Gasteiger partial charge on any atom is 0.316 e. The van der Waals surface area contributed by atoms with Crippen molar-refractivity contribution in [1.29, 1.82) is 0 Å². The van der Waals surface area contributed by atoms with E-state index < -0.39 is 5.91 Å². The quantitative estimate of drug-likeness (QED) is 0.785. The molecule has 0 aliphatic rings. The van der Waals surface area contributed by atoms with Gasteiger partial charge in [-0.3, -0.25) is 9.59 Å². The molecule has 0 saturated carbocycles. The van der Waals surface area contributed by atoms with Crippen molar-refractivity contribution in [3.05, 3.63) is 57.7 Å². The van der Waals surface area contributed by atoms with E-state index in [0.29, 0.717) is 34.7 Å². The Labute approximate surface area is 143 Å². The fourth-order valence-electron chi connectivity index (χ4n) is 2.45. The molecule has 3 aromatic rings. The number of hydrogen-bond donors (Lipinski definition) is 1. The van der Waals surface area contributed by atoms with E-state index in [2.05, 4.69) is 15.3 Å². The van der Waals surface area contributed by atoms with Gasteiger partial charge < -0.3 is 14.5 Å². The lowest BCUT2D eigenvalue weighted by Gasteiger charge is -2.11. The van der Waals surface area contributed by atoms with Crippen LogP contribution in [0.1, 0.15) is 28.9 Å². The zero-order valence-electron chi connectivity index (χ0n) is 14.1. The molecular formula is C18H17N3O4. The number of carbonyl (C=O) groups is 1. The minimum Gasteiger partial charge on any atom is -0.464 e. The number of para-hydroxylation sites is 1. The number of nitrogens with zero attached hydrogens (tertiary/aromatic N) is 2. The highest BCUT2D eigenvalue weighted by molar-refractivity contribution is 6.03. The van der Waals surface area contributed by atoms with Crippen LogP contribution in [-0.4, -0.2) is 22.5 Å². The molecule has 1 amide bonds. The van der Waals surface area contributed by atoms with Crippen LogP contribution in [0.3, 0.4) is 0 Å². The van der Waals surface area contributed by atoms with Crippen molar-refractivity contribution < 1.29 is 13.9 Å². The van der Waals surface area contributed by atoms with Crippen LogP contribution < -0.4 is 15.5 Å².